The van der Waals surface area contributed by atoms with Crippen LogP contribution < -0.4 is 16.2 Å². The van der Waals surface area contributed by atoms with Crippen LogP contribution in [0.15, 0.2) is 47.4 Å². The summed E-state index contributed by atoms with van der Waals surface area (Å²) in [7, 11) is 1.98. The molecule has 0 aliphatic carbocycles. The highest BCUT2D eigenvalue weighted by Crippen LogP contribution is 2.33. The van der Waals surface area contributed by atoms with Crippen molar-refractivity contribution in [3.05, 3.63) is 92.4 Å². The second kappa shape index (κ2) is 14.4. The van der Waals surface area contributed by atoms with E-state index in [4.69, 9.17) is 0 Å². The molecule has 0 unspecified atom stereocenters. The number of carboxylic acid groups (broad SMARTS) is 1. The van der Waals surface area contributed by atoms with Crippen LogP contribution in [0.1, 0.15) is 65.3 Å². The number of amides is 2. The summed E-state index contributed by atoms with van der Waals surface area (Å²) in [5, 5.41) is 14.9. The number of aliphatic carboxylic acids is 1. The summed E-state index contributed by atoms with van der Waals surface area (Å²) >= 11 is 0. The number of benzene rings is 2. The van der Waals surface area contributed by atoms with Gasteiger partial charge in [-0.05, 0) is 86.7 Å². The highest BCUT2D eigenvalue weighted by molar-refractivity contribution is 5.97. The van der Waals surface area contributed by atoms with Gasteiger partial charge >= 0.3 is 5.97 Å². The van der Waals surface area contributed by atoms with Crippen LogP contribution >= 0.6 is 0 Å². The van der Waals surface area contributed by atoms with Gasteiger partial charge in [0.05, 0.1) is 12.5 Å². The lowest BCUT2D eigenvalue weighted by Crippen LogP contribution is -2.50. The van der Waals surface area contributed by atoms with Crippen LogP contribution in [0.4, 0.5) is 8.78 Å². The maximum absolute atomic E-state index is 15.4. The third-order valence-corrected chi connectivity index (χ3v) is 8.28. The molecule has 1 aliphatic heterocycles. The predicted molar refractivity (Wildman–Crippen MR) is 172 cm³/mol. The van der Waals surface area contributed by atoms with E-state index >= 15 is 8.78 Å². The Bertz CT molecular complexity index is 1670. The van der Waals surface area contributed by atoms with Crippen molar-refractivity contribution in [2.45, 2.75) is 66.1 Å². The standard InChI is InChI=1S/C35H42F2N4O5/c1-19(2)10-29(39-33(44)25-8-7-9-41(35(25)46)18-23-16-40(6)17-23)34(45)38-28(15-30(42)43)26-13-24(14-27(36)32(26)37)31-21(4)11-20(3)12-22(31)5/h7-9,11-14,19,23,28-29H,10,15-18H2,1-6H3,(H,38,45)(H,39,44)(H,42,43)/t28-,29-/m0/s1. The summed E-state index contributed by atoms with van der Waals surface area (Å²) in [6.07, 6.45) is 1.03. The summed E-state index contributed by atoms with van der Waals surface area (Å²) in [5.41, 5.74) is 2.72. The minimum Gasteiger partial charge on any atom is -0.481 e. The van der Waals surface area contributed by atoms with E-state index in [1.807, 2.05) is 53.8 Å². The molecule has 9 nitrogen and oxygen atoms in total. The number of nitrogens with zero attached hydrogens (tertiary/aromatic N) is 2. The van der Waals surface area contributed by atoms with E-state index in [0.717, 1.165) is 35.8 Å². The minimum absolute atomic E-state index is 0.0954. The smallest absolute Gasteiger partial charge is 0.305 e. The second-order valence-electron chi connectivity index (χ2n) is 12.9. The number of carbonyl (C=O) groups excluding carboxylic acids is 2. The first-order chi connectivity index (χ1) is 21.6. The Labute approximate surface area is 267 Å². The summed E-state index contributed by atoms with van der Waals surface area (Å²) in [5.74, 6) is -5.15. The Morgan fingerprint density at radius 2 is 1.67 bits per heavy atom. The second-order valence-corrected chi connectivity index (χ2v) is 12.9. The molecule has 46 heavy (non-hydrogen) atoms. The highest BCUT2D eigenvalue weighted by Gasteiger charge is 2.30. The highest BCUT2D eigenvalue weighted by atomic mass is 19.2. The van der Waals surface area contributed by atoms with E-state index in [1.165, 1.54) is 16.7 Å². The molecule has 3 aromatic rings. The average molecular weight is 637 g/mol. The fourth-order valence-corrected chi connectivity index (χ4v) is 6.34. The van der Waals surface area contributed by atoms with E-state index < -0.39 is 53.5 Å². The van der Waals surface area contributed by atoms with Crippen LogP contribution in [0, 0.1) is 44.2 Å². The lowest BCUT2D eigenvalue weighted by molar-refractivity contribution is -0.137. The van der Waals surface area contributed by atoms with Crippen molar-refractivity contribution < 1.29 is 28.3 Å². The first-order valence-corrected chi connectivity index (χ1v) is 15.4. The van der Waals surface area contributed by atoms with Crippen LogP contribution in [0.5, 0.6) is 0 Å². The molecular formula is C35H42F2N4O5. The number of hydrogen-bond donors (Lipinski definition) is 3. The quantitative estimate of drug-likeness (QED) is 0.264. The van der Waals surface area contributed by atoms with Crippen molar-refractivity contribution in [3.8, 4) is 11.1 Å². The predicted octanol–water partition coefficient (Wildman–Crippen LogP) is 4.76. The fraction of sp³-hybridized carbons (Fsp3) is 0.429. The number of halogens is 2. The van der Waals surface area contributed by atoms with Crippen LogP contribution in [0.2, 0.25) is 0 Å². The van der Waals surface area contributed by atoms with Gasteiger partial charge in [0.1, 0.15) is 11.6 Å². The average Bonchev–Trinajstić information content (AvgIpc) is 2.93. The molecule has 0 radical (unpaired) electrons. The van der Waals surface area contributed by atoms with Gasteiger partial charge in [-0.25, -0.2) is 8.78 Å². The van der Waals surface area contributed by atoms with E-state index in [0.29, 0.717) is 17.7 Å². The van der Waals surface area contributed by atoms with Gasteiger partial charge in [-0.1, -0.05) is 31.5 Å². The first kappa shape index (κ1) is 34.5. The molecule has 1 aliphatic rings. The van der Waals surface area contributed by atoms with Crippen LogP contribution in [-0.4, -0.2) is 58.5 Å². The number of nitrogens with one attached hydrogen (secondary N) is 2. The number of pyridine rings is 1. The van der Waals surface area contributed by atoms with Gasteiger partial charge in [0.2, 0.25) is 5.91 Å². The molecule has 1 fully saturated rings. The largest absolute Gasteiger partial charge is 0.481 e. The van der Waals surface area contributed by atoms with Gasteiger partial charge in [0.25, 0.3) is 11.5 Å². The molecule has 2 amide bonds. The monoisotopic (exact) mass is 636 g/mol. The molecule has 3 N–H and O–H groups in total. The molecule has 11 heteroatoms. The number of aromatic nitrogens is 1. The van der Waals surface area contributed by atoms with Gasteiger partial charge in [-0.15, -0.1) is 0 Å². The number of carboxylic acids is 1. The Morgan fingerprint density at radius 3 is 2.26 bits per heavy atom. The van der Waals surface area contributed by atoms with Crippen molar-refractivity contribution >= 4 is 17.8 Å². The molecule has 2 heterocycles. The van der Waals surface area contributed by atoms with Gasteiger partial charge in [0.15, 0.2) is 11.6 Å². The maximum Gasteiger partial charge on any atom is 0.305 e. The van der Waals surface area contributed by atoms with Crippen molar-refractivity contribution in [2.75, 3.05) is 20.1 Å². The molecule has 1 saturated heterocycles. The molecular weight excluding hydrogens is 594 g/mol. The third-order valence-electron chi connectivity index (χ3n) is 8.28. The maximum atomic E-state index is 15.4. The third kappa shape index (κ3) is 8.06. The summed E-state index contributed by atoms with van der Waals surface area (Å²) in [6, 6.07) is 6.58. The number of likely N-dealkylation sites (tertiary alicyclic amines) is 1. The SMILES string of the molecule is Cc1cc(C)c(-c2cc(F)c(F)c([C@H](CC(=O)O)NC(=O)[C@H](CC(C)C)NC(=O)c3cccn(CC4CN(C)C4)c3=O)c2)c(C)c1. The number of carbonyl (C=O) groups is 3. The van der Waals surface area contributed by atoms with Gasteiger partial charge in [0, 0.05) is 37.3 Å². The van der Waals surface area contributed by atoms with Crippen LogP contribution in [0.25, 0.3) is 11.1 Å². The molecule has 2 atom stereocenters. The normalized spacial score (nSPS) is 14.9. The summed E-state index contributed by atoms with van der Waals surface area (Å²) in [4.78, 5) is 54.2. The first-order valence-electron chi connectivity index (χ1n) is 15.4. The Hall–Kier alpha value is -4.38. The molecule has 4 rings (SSSR count). The van der Waals surface area contributed by atoms with E-state index in [9.17, 15) is 24.3 Å². The number of aryl methyl sites for hydroxylation is 3. The van der Waals surface area contributed by atoms with Crippen molar-refractivity contribution in [2.24, 2.45) is 11.8 Å². The molecule has 0 spiro atoms. The topological polar surface area (TPSA) is 121 Å². The molecule has 1 aromatic heterocycles. The molecule has 0 saturated carbocycles. The zero-order chi connectivity index (χ0) is 33.9. The zero-order valence-corrected chi connectivity index (χ0v) is 27.1. The molecule has 0 bridgehead atoms. The summed E-state index contributed by atoms with van der Waals surface area (Å²) in [6.45, 7) is 11.4. The molecule has 246 valence electrons. The lowest BCUT2D eigenvalue weighted by Gasteiger charge is -2.36. The Kier molecular flexibility index (Phi) is 10.8. The van der Waals surface area contributed by atoms with Crippen molar-refractivity contribution in [1.29, 1.82) is 0 Å². The number of rotatable bonds is 12. The van der Waals surface area contributed by atoms with Crippen molar-refractivity contribution in [1.82, 2.24) is 20.1 Å². The van der Waals surface area contributed by atoms with Gasteiger partial charge in [-0.3, -0.25) is 19.2 Å². The minimum atomic E-state index is -1.45. The van der Waals surface area contributed by atoms with Crippen LogP contribution in [-0.2, 0) is 16.1 Å². The van der Waals surface area contributed by atoms with Crippen LogP contribution in [0.3, 0.4) is 0 Å². The Morgan fingerprint density at radius 1 is 1.02 bits per heavy atom. The fourth-order valence-electron chi connectivity index (χ4n) is 6.34. The van der Waals surface area contributed by atoms with Gasteiger partial charge < -0.3 is 25.2 Å². The van der Waals surface area contributed by atoms with Gasteiger partial charge in [-0.2, -0.15) is 0 Å². The van der Waals surface area contributed by atoms with E-state index in [2.05, 4.69) is 15.5 Å². The summed E-state index contributed by atoms with van der Waals surface area (Å²) < 4.78 is 31.9. The van der Waals surface area contributed by atoms with E-state index in [-0.39, 0.29) is 29.4 Å². The lowest BCUT2D eigenvalue weighted by atomic mass is 9.90. The Balaban J connectivity index is 1.63. The van der Waals surface area contributed by atoms with Crippen molar-refractivity contribution in [3.63, 3.8) is 0 Å². The van der Waals surface area contributed by atoms with E-state index in [1.54, 1.807) is 12.3 Å². The zero-order valence-electron chi connectivity index (χ0n) is 27.1. The molecule has 2 aromatic carbocycles. The number of hydrogen-bond acceptors (Lipinski definition) is 5.